The van der Waals surface area contributed by atoms with Crippen LogP contribution in [-0.4, -0.2) is 25.7 Å². The highest BCUT2D eigenvalue weighted by molar-refractivity contribution is 7.09. The number of ether oxygens (including phenoxy) is 1. The first kappa shape index (κ1) is 15.3. The molecule has 2 aromatic rings. The van der Waals surface area contributed by atoms with Gasteiger partial charge in [-0.15, -0.1) is 11.3 Å². The molecule has 0 unspecified atom stereocenters. The third-order valence-corrected chi connectivity index (χ3v) is 3.64. The second kappa shape index (κ2) is 8.26. The summed E-state index contributed by atoms with van der Waals surface area (Å²) in [6, 6.07) is 9.59. The fourth-order valence-corrected chi connectivity index (χ4v) is 2.39. The number of nitrogens with one attached hydrogen (secondary N) is 2. The van der Waals surface area contributed by atoms with Crippen LogP contribution >= 0.6 is 11.3 Å². The Balaban J connectivity index is 1.53. The Morgan fingerprint density at radius 3 is 2.62 bits per heavy atom. The highest BCUT2D eigenvalue weighted by atomic mass is 32.1. The smallest absolute Gasteiger partial charge is 0.314 e. The molecule has 0 fully saturated rings. The van der Waals surface area contributed by atoms with Crippen LogP contribution in [0.5, 0.6) is 5.75 Å². The van der Waals surface area contributed by atoms with Gasteiger partial charge in [0.25, 0.3) is 0 Å². The lowest BCUT2D eigenvalue weighted by Crippen LogP contribution is -2.38. The van der Waals surface area contributed by atoms with Gasteiger partial charge in [-0.05, 0) is 42.1 Å². The fourth-order valence-electron chi connectivity index (χ4n) is 1.68. The summed E-state index contributed by atoms with van der Waals surface area (Å²) in [7, 11) is 0. The van der Waals surface area contributed by atoms with Crippen LogP contribution in [0.3, 0.4) is 0 Å². The maximum absolute atomic E-state index is 12.7. The van der Waals surface area contributed by atoms with Crippen LogP contribution in [0.25, 0.3) is 0 Å². The van der Waals surface area contributed by atoms with Crippen molar-refractivity contribution in [1.82, 2.24) is 10.6 Å². The highest BCUT2D eigenvalue weighted by Gasteiger charge is 2.00. The van der Waals surface area contributed by atoms with Crippen molar-refractivity contribution in [2.24, 2.45) is 0 Å². The lowest BCUT2D eigenvalue weighted by molar-refractivity contribution is 0.236. The molecule has 2 rings (SSSR count). The molecular weight excluding hydrogens is 291 g/mol. The summed E-state index contributed by atoms with van der Waals surface area (Å²) in [6.45, 7) is 1.33. The zero-order valence-corrected chi connectivity index (χ0v) is 12.3. The van der Waals surface area contributed by atoms with E-state index in [-0.39, 0.29) is 11.8 Å². The van der Waals surface area contributed by atoms with Crippen LogP contribution in [-0.2, 0) is 6.42 Å². The largest absolute Gasteiger partial charge is 0.492 e. The predicted octanol–water partition coefficient (Wildman–Crippen LogP) is 2.81. The lowest BCUT2D eigenvalue weighted by atomic mass is 10.3. The summed E-state index contributed by atoms with van der Waals surface area (Å²) >= 11 is 1.68. The van der Waals surface area contributed by atoms with E-state index in [9.17, 15) is 9.18 Å². The molecule has 0 spiro atoms. The summed E-state index contributed by atoms with van der Waals surface area (Å²) in [6.07, 6.45) is 0.831. The molecule has 2 N–H and O–H groups in total. The van der Waals surface area contributed by atoms with Gasteiger partial charge < -0.3 is 15.4 Å². The number of urea groups is 1. The summed E-state index contributed by atoms with van der Waals surface area (Å²) in [5, 5.41) is 7.49. The Labute approximate surface area is 126 Å². The number of hydrogen-bond acceptors (Lipinski definition) is 3. The molecule has 112 valence electrons. The van der Waals surface area contributed by atoms with Crippen molar-refractivity contribution in [2.45, 2.75) is 6.42 Å². The normalized spacial score (nSPS) is 10.1. The molecule has 1 aromatic carbocycles. The van der Waals surface area contributed by atoms with Gasteiger partial charge in [0.2, 0.25) is 0 Å². The summed E-state index contributed by atoms with van der Waals surface area (Å²) in [5.41, 5.74) is 0. The molecule has 4 nitrogen and oxygen atoms in total. The molecule has 1 heterocycles. The van der Waals surface area contributed by atoms with Gasteiger partial charge in [-0.25, -0.2) is 9.18 Å². The molecular formula is C15H17FN2O2S. The first-order chi connectivity index (χ1) is 10.2. The van der Waals surface area contributed by atoms with Crippen molar-refractivity contribution in [1.29, 1.82) is 0 Å². The van der Waals surface area contributed by atoms with Crippen LogP contribution in [0, 0.1) is 5.82 Å². The number of rotatable bonds is 7. The molecule has 0 aliphatic carbocycles. The van der Waals surface area contributed by atoms with E-state index in [4.69, 9.17) is 4.74 Å². The molecule has 0 aliphatic rings. The Morgan fingerprint density at radius 1 is 1.14 bits per heavy atom. The van der Waals surface area contributed by atoms with E-state index in [2.05, 4.69) is 10.6 Å². The zero-order chi connectivity index (χ0) is 14.9. The van der Waals surface area contributed by atoms with Crippen LogP contribution in [0.1, 0.15) is 4.88 Å². The summed E-state index contributed by atoms with van der Waals surface area (Å²) in [5.74, 6) is 0.280. The van der Waals surface area contributed by atoms with Gasteiger partial charge >= 0.3 is 6.03 Å². The van der Waals surface area contributed by atoms with E-state index in [0.29, 0.717) is 25.4 Å². The SMILES string of the molecule is O=C(NCCOc1ccc(F)cc1)NCCc1cccs1. The van der Waals surface area contributed by atoms with Crippen molar-refractivity contribution in [3.05, 3.63) is 52.5 Å². The van der Waals surface area contributed by atoms with Gasteiger partial charge in [0, 0.05) is 11.4 Å². The molecule has 0 bridgehead atoms. The molecule has 6 heteroatoms. The van der Waals surface area contributed by atoms with Gasteiger partial charge in [0.05, 0.1) is 6.54 Å². The van der Waals surface area contributed by atoms with Crippen molar-refractivity contribution in [3.8, 4) is 5.75 Å². The van der Waals surface area contributed by atoms with Crippen LogP contribution < -0.4 is 15.4 Å². The first-order valence-electron chi connectivity index (χ1n) is 6.66. The van der Waals surface area contributed by atoms with Gasteiger partial charge in [0.15, 0.2) is 0 Å². The monoisotopic (exact) mass is 308 g/mol. The number of carbonyl (C=O) groups is 1. The Hall–Kier alpha value is -2.08. The molecule has 0 saturated heterocycles. The topological polar surface area (TPSA) is 50.4 Å². The maximum atomic E-state index is 12.7. The quantitative estimate of drug-likeness (QED) is 0.773. The molecule has 2 amide bonds. The third kappa shape index (κ3) is 5.83. The number of benzene rings is 1. The Bertz CT molecular complexity index is 543. The van der Waals surface area contributed by atoms with Gasteiger partial charge in [0.1, 0.15) is 18.2 Å². The number of amides is 2. The first-order valence-corrected chi connectivity index (χ1v) is 7.54. The van der Waals surface area contributed by atoms with Gasteiger partial charge in [-0.1, -0.05) is 6.07 Å². The minimum Gasteiger partial charge on any atom is -0.492 e. The van der Waals surface area contributed by atoms with E-state index in [1.165, 1.54) is 17.0 Å². The number of hydrogen-bond donors (Lipinski definition) is 2. The molecule has 1 aromatic heterocycles. The van der Waals surface area contributed by atoms with Crippen molar-refractivity contribution < 1.29 is 13.9 Å². The summed E-state index contributed by atoms with van der Waals surface area (Å²) < 4.78 is 18.0. The van der Waals surface area contributed by atoms with Crippen molar-refractivity contribution >= 4 is 17.4 Å². The van der Waals surface area contributed by atoms with E-state index in [1.54, 1.807) is 23.5 Å². The standard InChI is InChI=1S/C15H17FN2O2S/c16-12-3-5-13(6-4-12)20-10-9-18-15(19)17-8-7-14-2-1-11-21-14/h1-6,11H,7-10H2,(H2,17,18,19). The fraction of sp³-hybridized carbons (Fsp3) is 0.267. The van der Waals surface area contributed by atoms with Crippen LogP contribution in [0.2, 0.25) is 0 Å². The number of thiophene rings is 1. The molecule has 0 radical (unpaired) electrons. The lowest BCUT2D eigenvalue weighted by Gasteiger charge is -2.08. The van der Waals surface area contributed by atoms with E-state index in [0.717, 1.165) is 6.42 Å². The maximum Gasteiger partial charge on any atom is 0.314 e. The molecule has 0 atom stereocenters. The number of carbonyl (C=O) groups excluding carboxylic acids is 1. The predicted molar refractivity (Wildman–Crippen MR) is 81.3 cm³/mol. The molecule has 0 aliphatic heterocycles. The molecule has 0 saturated carbocycles. The zero-order valence-electron chi connectivity index (χ0n) is 11.5. The Kier molecular flexibility index (Phi) is 6.02. The van der Waals surface area contributed by atoms with Crippen molar-refractivity contribution in [2.75, 3.05) is 19.7 Å². The second-order valence-electron chi connectivity index (χ2n) is 4.31. The highest BCUT2D eigenvalue weighted by Crippen LogP contribution is 2.10. The third-order valence-electron chi connectivity index (χ3n) is 2.71. The van der Waals surface area contributed by atoms with Crippen LogP contribution in [0.15, 0.2) is 41.8 Å². The van der Waals surface area contributed by atoms with Crippen LogP contribution in [0.4, 0.5) is 9.18 Å². The van der Waals surface area contributed by atoms with E-state index in [1.807, 2.05) is 17.5 Å². The Morgan fingerprint density at radius 2 is 1.90 bits per heavy atom. The minimum absolute atomic E-state index is 0.214. The molecule has 21 heavy (non-hydrogen) atoms. The second-order valence-corrected chi connectivity index (χ2v) is 5.35. The van der Waals surface area contributed by atoms with Crippen molar-refractivity contribution in [3.63, 3.8) is 0 Å². The average molecular weight is 308 g/mol. The van der Waals surface area contributed by atoms with E-state index < -0.39 is 0 Å². The number of halogens is 1. The average Bonchev–Trinajstić information content (AvgIpc) is 2.99. The van der Waals surface area contributed by atoms with E-state index >= 15 is 0 Å². The summed E-state index contributed by atoms with van der Waals surface area (Å²) in [4.78, 5) is 12.7. The van der Waals surface area contributed by atoms with Gasteiger partial charge in [-0.2, -0.15) is 0 Å². The van der Waals surface area contributed by atoms with Gasteiger partial charge in [-0.3, -0.25) is 0 Å². The minimum atomic E-state index is -0.300.